The molecular formula is C41H32. The molecule has 2 aliphatic carbocycles. The van der Waals surface area contributed by atoms with Gasteiger partial charge >= 0.3 is 0 Å². The first-order valence-corrected chi connectivity index (χ1v) is 14.8. The molecule has 6 aromatic carbocycles. The van der Waals surface area contributed by atoms with E-state index < -0.39 is 0 Å². The van der Waals surface area contributed by atoms with Crippen LogP contribution < -0.4 is 0 Å². The van der Waals surface area contributed by atoms with Gasteiger partial charge in [0, 0.05) is 0 Å². The summed E-state index contributed by atoms with van der Waals surface area (Å²) in [6.07, 6.45) is 2.97. The second-order valence-electron chi connectivity index (χ2n) is 11.8. The normalized spacial score (nSPS) is 14.3. The summed E-state index contributed by atoms with van der Waals surface area (Å²) in [6, 6.07) is 45.1. The number of benzene rings is 6. The maximum atomic E-state index is 2.37. The molecule has 0 unspecified atom stereocenters. The maximum absolute atomic E-state index is 2.37. The van der Waals surface area contributed by atoms with Gasteiger partial charge in [-0.2, -0.15) is 0 Å². The third-order valence-corrected chi connectivity index (χ3v) is 9.24. The van der Waals surface area contributed by atoms with Crippen molar-refractivity contribution >= 4 is 32.7 Å². The van der Waals surface area contributed by atoms with Gasteiger partial charge in [-0.05, 0) is 110 Å². The van der Waals surface area contributed by atoms with Crippen LogP contribution in [0.2, 0.25) is 0 Å². The van der Waals surface area contributed by atoms with E-state index in [9.17, 15) is 0 Å². The first-order chi connectivity index (χ1) is 20.2. The Morgan fingerprint density at radius 1 is 0.439 bits per heavy atom. The smallest absolute Gasteiger partial charge is 0.00132 e. The highest BCUT2D eigenvalue weighted by Crippen LogP contribution is 2.45. The number of fused-ring (bicyclic) bond motifs is 4. The van der Waals surface area contributed by atoms with E-state index in [1.807, 2.05) is 0 Å². The molecule has 0 fully saturated rings. The molecule has 0 heterocycles. The molecule has 196 valence electrons. The van der Waals surface area contributed by atoms with E-state index in [0.29, 0.717) is 0 Å². The molecule has 0 saturated carbocycles. The highest BCUT2D eigenvalue weighted by atomic mass is 14.3. The maximum Gasteiger partial charge on any atom is -0.00132 e. The Morgan fingerprint density at radius 3 is 1.34 bits per heavy atom. The van der Waals surface area contributed by atoms with Crippen LogP contribution in [0.4, 0.5) is 0 Å². The third kappa shape index (κ3) is 3.82. The molecule has 41 heavy (non-hydrogen) atoms. The molecule has 0 nitrogen and oxygen atoms in total. The zero-order valence-electron chi connectivity index (χ0n) is 23.7. The molecule has 0 heteroatoms. The van der Waals surface area contributed by atoms with Crippen LogP contribution in [0.15, 0.2) is 132 Å². The largest absolute Gasteiger partial charge is 0.0617 e. The molecule has 0 saturated heterocycles. The van der Waals surface area contributed by atoms with E-state index in [1.54, 1.807) is 0 Å². The van der Waals surface area contributed by atoms with Crippen molar-refractivity contribution < 1.29 is 0 Å². The van der Waals surface area contributed by atoms with Crippen molar-refractivity contribution in [1.82, 2.24) is 0 Å². The molecule has 0 N–H and O–H groups in total. The van der Waals surface area contributed by atoms with Crippen LogP contribution in [0.25, 0.3) is 32.7 Å². The molecule has 6 aromatic rings. The quantitative estimate of drug-likeness (QED) is 0.215. The minimum Gasteiger partial charge on any atom is -0.0617 e. The van der Waals surface area contributed by atoms with Crippen molar-refractivity contribution in [1.29, 1.82) is 0 Å². The number of allylic oxidation sites excluding steroid dienone is 2. The lowest BCUT2D eigenvalue weighted by Crippen LogP contribution is -2.02. The Kier molecular flexibility index (Phi) is 5.57. The molecule has 0 aromatic heterocycles. The van der Waals surface area contributed by atoms with Gasteiger partial charge in [0.25, 0.3) is 0 Å². The summed E-state index contributed by atoms with van der Waals surface area (Å²) in [5.41, 5.74) is 17.2. The Balaban J connectivity index is 1.28. The Labute approximate surface area is 242 Å². The predicted molar refractivity (Wildman–Crippen MR) is 174 cm³/mol. The molecule has 2 aliphatic rings. The van der Waals surface area contributed by atoms with Gasteiger partial charge in [-0.25, -0.2) is 0 Å². The standard InChI is InChI=1S/C41H32/c1-26-23-30-15-7-17-32(40(30)38(26)36-21-9-13-28-11-3-5-19-34(28)36)25-33-18-8-16-31-24-27(2)39(41(31)33)37-22-10-14-29-12-4-6-20-35(29)37/h3-22H,23-25H2,1-2H3. The van der Waals surface area contributed by atoms with Crippen LogP contribution in [0.3, 0.4) is 0 Å². The van der Waals surface area contributed by atoms with Crippen molar-refractivity contribution in [2.45, 2.75) is 33.1 Å². The molecule has 0 aliphatic heterocycles. The monoisotopic (exact) mass is 524 g/mol. The van der Waals surface area contributed by atoms with Crippen molar-refractivity contribution in [2.75, 3.05) is 0 Å². The lowest BCUT2D eigenvalue weighted by Gasteiger charge is -2.18. The zero-order chi connectivity index (χ0) is 27.5. The summed E-state index contributed by atoms with van der Waals surface area (Å²) in [5.74, 6) is 0. The second kappa shape index (κ2) is 9.46. The number of hydrogen-bond donors (Lipinski definition) is 0. The zero-order valence-corrected chi connectivity index (χ0v) is 23.7. The SMILES string of the molecule is CC1=C(c2cccc3ccccc23)c2c(cccc2Cc2cccc3c2C(c2cccc4ccccc24)=C(C)C3)C1. The van der Waals surface area contributed by atoms with Crippen molar-refractivity contribution in [3.05, 3.63) is 177 Å². The van der Waals surface area contributed by atoms with Gasteiger partial charge in [-0.15, -0.1) is 0 Å². The highest BCUT2D eigenvalue weighted by molar-refractivity contribution is 6.02. The van der Waals surface area contributed by atoms with Gasteiger partial charge in [-0.3, -0.25) is 0 Å². The van der Waals surface area contributed by atoms with Gasteiger partial charge in [0.1, 0.15) is 0 Å². The predicted octanol–water partition coefficient (Wildman–Crippen LogP) is 10.3. The highest BCUT2D eigenvalue weighted by Gasteiger charge is 2.27. The fourth-order valence-electron chi connectivity index (χ4n) is 7.53. The fourth-order valence-corrected chi connectivity index (χ4v) is 7.53. The number of hydrogen-bond acceptors (Lipinski definition) is 0. The minimum atomic E-state index is 0.926. The summed E-state index contributed by atoms with van der Waals surface area (Å²) < 4.78 is 0. The summed E-state index contributed by atoms with van der Waals surface area (Å²) in [5, 5.41) is 5.28. The first kappa shape index (κ1) is 24.1. The first-order valence-electron chi connectivity index (χ1n) is 14.8. The van der Waals surface area contributed by atoms with E-state index in [1.165, 1.54) is 88.3 Å². The lowest BCUT2D eigenvalue weighted by molar-refractivity contribution is 1.13. The van der Waals surface area contributed by atoms with Crippen LogP contribution in [0.1, 0.15) is 58.4 Å². The molecule has 0 bridgehead atoms. The second-order valence-corrected chi connectivity index (χ2v) is 11.8. The Bertz CT molecular complexity index is 1920. The van der Waals surface area contributed by atoms with Crippen molar-refractivity contribution in [3.8, 4) is 0 Å². The summed E-state index contributed by atoms with van der Waals surface area (Å²) in [4.78, 5) is 0. The van der Waals surface area contributed by atoms with Gasteiger partial charge in [0.15, 0.2) is 0 Å². The van der Waals surface area contributed by atoms with Crippen LogP contribution >= 0.6 is 0 Å². The topological polar surface area (TPSA) is 0 Å². The van der Waals surface area contributed by atoms with Crippen LogP contribution in [-0.4, -0.2) is 0 Å². The van der Waals surface area contributed by atoms with E-state index in [-0.39, 0.29) is 0 Å². The summed E-state index contributed by atoms with van der Waals surface area (Å²) in [6.45, 7) is 4.65. The van der Waals surface area contributed by atoms with E-state index >= 15 is 0 Å². The lowest BCUT2D eigenvalue weighted by atomic mass is 9.85. The number of rotatable bonds is 4. The van der Waals surface area contributed by atoms with Gasteiger partial charge in [0.2, 0.25) is 0 Å². The van der Waals surface area contributed by atoms with Crippen molar-refractivity contribution in [3.63, 3.8) is 0 Å². The fraction of sp³-hybridized carbons (Fsp3) is 0.122. The van der Waals surface area contributed by atoms with Crippen molar-refractivity contribution in [2.24, 2.45) is 0 Å². The van der Waals surface area contributed by atoms with Gasteiger partial charge < -0.3 is 0 Å². The average Bonchev–Trinajstić information content (AvgIpc) is 3.53. The molecule has 0 spiro atoms. The van der Waals surface area contributed by atoms with E-state index in [4.69, 9.17) is 0 Å². The third-order valence-electron chi connectivity index (χ3n) is 9.24. The molecular weight excluding hydrogens is 492 g/mol. The Morgan fingerprint density at radius 2 is 0.854 bits per heavy atom. The molecule has 0 atom stereocenters. The summed E-state index contributed by atoms with van der Waals surface area (Å²) >= 11 is 0. The van der Waals surface area contributed by atoms with Gasteiger partial charge in [-0.1, -0.05) is 132 Å². The van der Waals surface area contributed by atoms with Crippen LogP contribution in [0.5, 0.6) is 0 Å². The van der Waals surface area contributed by atoms with Gasteiger partial charge in [0.05, 0.1) is 0 Å². The molecule has 0 amide bonds. The van der Waals surface area contributed by atoms with Crippen LogP contribution in [-0.2, 0) is 19.3 Å². The minimum absolute atomic E-state index is 0.926. The van der Waals surface area contributed by atoms with E-state index in [0.717, 1.165) is 19.3 Å². The average molecular weight is 525 g/mol. The Hall–Kier alpha value is -4.68. The van der Waals surface area contributed by atoms with Crippen LogP contribution in [0, 0.1) is 0 Å². The molecule has 0 radical (unpaired) electrons. The summed E-state index contributed by atoms with van der Waals surface area (Å²) in [7, 11) is 0. The molecule has 8 rings (SSSR count). The van der Waals surface area contributed by atoms with E-state index in [2.05, 4.69) is 135 Å².